The van der Waals surface area contributed by atoms with Crippen LogP contribution < -0.4 is 14.2 Å². The van der Waals surface area contributed by atoms with E-state index in [0.717, 1.165) is 18.7 Å². The zero-order valence-corrected chi connectivity index (χ0v) is 14.1. The Morgan fingerprint density at radius 3 is 2.58 bits per heavy atom. The topological polar surface area (TPSA) is 65.8 Å². The van der Waals surface area contributed by atoms with Crippen LogP contribution in [0.1, 0.15) is 22.5 Å². The maximum Gasteiger partial charge on any atom is 0.258 e. The summed E-state index contributed by atoms with van der Waals surface area (Å²) in [5.41, 5.74) is 1.49. The first kappa shape index (κ1) is 16.2. The molecular weight excluding hydrogens is 310 g/mol. The molecule has 24 heavy (non-hydrogen) atoms. The Morgan fingerprint density at radius 2 is 1.88 bits per heavy atom. The van der Waals surface area contributed by atoms with E-state index in [1.54, 1.807) is 31.8 Å². The largest absolute Gasteiger partial charge is 0.493 e. The molecule has 1 aliphatic heterocycles. The number of rotatable bonds is 4. The molecule has 7 nitrogen and oxygen atoms in total. The minimum atomic E-state index is -0.0950. The van der Waals surface area contributed by atoms with Gasteiger partial charge < -0.3 is 23.7 Å². The van der Waals surface area contributed by atoms with Crippen molar-refractivity contribution in [2.24, 2.45) is 0 Å². The lowest BCUT2D eigenvalue weighted by atomic mass is 10.1. The van der Waals surface area contributed by atoms with Gasteiger partial charge in [-0.1, -0.05) is 0 Å². The first-order valence-electron chi connectivity index (χ1n) is 7.76. The summed E-state index contributed by atoms with van der Waals surface area (Å²) in [6, 6.07) is 3.43. The summed E-state index contributed by atoms with van der Waals surface area (Å²) in [7, 11) is 4.60. The predicted octanol–water partition coefficient (Wildman–Crippen LogP) is 1.95. The Hall–Kier alpha value is -2.70. The molecule has 0 aliphatic carbocycles. The van der Waals surface area contributed by atoms with Gasteiger partial charge >= 0.3 is 0 Å². The maximum atomic E-state index is 13.1. The SMILES string of the molecule is COc1ccc(C(=O)N2CCCn3cncc3C2)c(OC)c1OC. The lowest BCUT2D eigenvalue weighted by molar-refractivity contribution is 0.0741. The summed E-state index contributed by atoms with van der Waals surface area (Å²) in [5.74, 6) is 1.24. The lowest BCUT2D eigenvalue weighted by Gasteiger charge is -2.22. The lowest BCUT2D eigenvalue weighted by Crippen LogP contribution is -2.31. The number of hydrogen-bond donors (Lipinski definition) is 0. The third-order valence-electron chi connectivity index (χ3n) is 4.20. The van der Waals surface area contributed by atoms with Crippen LogP contribution >= 0.6 is 0 Å². The molecule has 0 N–H and O–H groups in total. The molecule has 0 atom stereocenters. The molecule has 3 rings (SSSR count). The summed E-state index contributed by atoms with van der Waals surface area (Å²) in [6.45, 7) is 2.07. The van der Waals surface area contributed by atoms with E-state index in [1.165, 1.54) is 14.2 Å². The van der Waals surface area contributed by atoms with Crippen LogP contribution in [-0.4, -0.2) is 48.2 Å². The van der Waals surface area contributed by atoms with Gasteiger partial charge in [-0.3, -0.25) is 4.79 Å². The molecule has 0 radical (unpaired) electrons. The van der Waals surface area contributed by atoms with Gasteiger partial charge in [0.05, 0.1) is 45.5 Å². The first-order chi connectivity index (χ1) is 11.7. The van der Waals surface area contributed by atoms with E-state index in [2.05, 4.69) is 9.55 Å². The number of carbonyl (C=O) groups is 1. The number of aromatic nitrogens is 2. The van der Waals surface area contributed by atoms with Gasteiger partial charge in [-0.05, 0) is 18.6 Å². The maximum absolute atomic E-state index is 13.1. The highest BCUT2D eigenvalue weighted by molar-refractivity contribution is 5.98. The molecule has 0 unspecified atom stereocenters. The second-order valence-electron chi connectivity index (χ2n) is 5.54. The Morgan fingerprint density at radius 1 is 1.08 bits per heavy atom. The highest BCUT2D eigenvalue weighted by Crippen LogP contribution is 2.40. The number of fused-ring (bicyclic) bond motifs is 1. The molecule has 0 saturated carbocycles. The van der Waals surface area contributed by atoms with Gasteiger partial charge in [0.1, 0.15) is 0 Å². The number of hydrogen-bond acceptors (Lipinski definition) is 5. The average molecular weight is 331 g/mol. The summed E-state index contributed by atoms with van der Waals surface area (Å²) in [6.07, 6.45) is 4.49. The van der Waals surface area contributed by atoms with Crippen LogP contribution in [0.25, 0.3) is 0 Å². The molecule has 1 aliphatic rings. The van der Waals surface area contributed by atoms with E-state index < -0.39 is 0 Å². The third-order valence-corrected chi connectivity index (χ3v) is 4.20. The number of imidazole rings is 1. The van der Waals surface area contributed by atoms with E-state index in [4.69, 9.17) is 14.2 Å². The summed E-state index contributed by atoms with van der Waals surface area (Å²) < 4.78 is 18.2. The number of methoxy groups -OCH3 is 3. The molecule has 0 fully saturated rings. The second kappa shape index (κ2) is 6.82. The van der Waals surface area contributed by atoms with Crippen molar-refractivity contribution in [3.05, 3.63) is 35.9 Å². The van der Waals surface area contributed by atoms with E-state index in [9.17, 15) is 4.79 Å². The van der Waals surface area contributed by atoms with E-state index in [1.807, 2.05) is 4.90 Å². The van der Waals surface area contributed by atoms with Crippen LogP contribution in [-0.2, 0) is 13.1 Å². The molecule has 2 aromatic rings. The van der Waals surface area contributed by atoms with Gasteiger partial charge in [0.25, 0.3) is 5.91 Å². The predicted molar refractivity (Wildman–Crippen MR) is 87.7 cm³/mol. The van der Waals surface area contributed by atoms with Crippen molar-refractivity contribution in [2.45, 2.75) is 19.5 Å². The van der Waals surface area contributed by atoms with Crippen LogP contribution in [0.15, 0.2) is 24.7 Å². The number of ether oxygens (including phenoxy) is 3. The van der Waals surface area contributed by atoms with E-state index in [0.29, 0.717) is 35.9 Å². The van der Waals surface area contributed by atoms with Crippen LogP contribution in [0.2, 0.25) is 0 Å². The van der Waals surface area contributed by atoms with Crippen molar-refractivity contribution in [3.63, 3.8) is 0 Å². The number of nitrogens with zero attached hydrogens (tertiary/aromatic N) is 3. The van der Waals surface area contributed by atoms with Gasteiger partial charge in [0, 0.05) is 19.3 Å². The van der Waals surface area contributed by atoms with Crippen molar-refractivity contribution < 1.29 is 19.0 Å². The molecule has 0 saturated heterocycles. The minimum absolute atomic E-state index is 0.0950. The van der Waals surface area contributed by atoms with Gasteiger partial charge in [-0.25, -0.2) is 4.98 Å². The Kier molecular flexibility index (Phi) is 4.59. The minimum Gasteiger partial charge on any atom is -0.493 e. The molecule has 0 spiro atoms. The Bertz CT molecular complexity index is 741. The Labute approximate surface area is 140 Å². The van der Waals surface area contributed by atoms with Crippen LogP contribution in [0.4, 0.5) is 0 Å². The highest BCUT2D eigenvalue weighted by Gasteiger charge is 2.26. The number of benzene rings is 1. The number of amides is 1. The molecule has 1 aromatic heterocycles. The van der Waals surface area contributed by atoms with Gasteiger partial charge in [-0.15, -0.1) is 0 Å². The molecular formula is C17H21N3O4. The van der Waals surface area contributed by atoms with E-state index >= 15 is 0 Å². The van der Waals surface area contributed by atoms with E-state index in [-0.39, 0.29) is 5.91 Å². The van der Waals surface area contributed by atoms with Crippen molar-refractivity contribution in [1.29, 1.82) is 0 Å². The van der Waals surface area contributed by atoms with Crippen LogP contribution in [0, 0.1) is 0 Å². The zero-order valence-electron chi connectivity index (χ0n) is 14.1. The fraction of sp³-hybridized carbons (Fsp3) is 0.412. The quantitative estimate of drug-likeness (QED) is 0.857. The van der Waals surface area contributed by atoms with Gasteiger partial charge in [0.2, 0.25) is 5.75 Å². The average Bonchev–Trinajstić information content (AvgIpc) is 2.96. The molecule has 7 heteroatoms. The summed E-state index contributed by atoms with van der Waals surface area (Å²) in [5, 5.41) is 0. The van der Waals surface area contributed by atoms with Crippen molar-refractivity contribution >= 4 is 5.91 Å². The third kappa shape index (κ3) is 2.77. The monoisotopic (exact) mass is 331 g/mol. The van der Waals surface area contributed by atoms with Gasteiger partial charge in [0.15, 0.2) is 11.5 Å². The standard InChI is InChI=1S/C17H21N3O4/c1-22-14-6-5-13(15(23-2)16(14)24-3)17(21)19-7-4-8-20-11-18-9-12(20)10-19/h5-6,9,11H,4,7-8,10H2,1-3H3. The molecule has 1 amide bonds. The molecule has 128 valence electrons. The van der Waals surface area contributed by atoms with Crippen LogP contribution in [0.3, 0.4) is 0 Å². The fourth-order valence-electron chi connectivity index (χ4n) is 3.00. The molecule has 0 bridgehead atoms. The zero-order chi connectivity index (χ0) is 17.1. The number of aryl methyl sites for hydroxylation is 1. The van der Waals surface area contributed by atoms with Gasteiger partial charge in [-0.2, -0.15) is 0 Å². The summed E-state index contributed by atoms with van der Waals surface area (Å²) in [4.78, 5) is 19.0. The summed E-state index contributed by atoms with van der Waals surface area (Å²) >= 11 is 0. The van der Waals surface area contributed by atoms with Crippen molar-refractivity contribution in [2.75, 3.05) is 27.9 Å². The highest BCUT2D eigenvalue weighted by atomic mass is 16.5. The van der Waals surface area contributed by atoms with Crippen molar-refractivity contribution in [1.82, 2.24) is 14.5 Å². The van der Waals surface area contributed by atoms with Crippen molar-refractivity contribution in [3.8, 4) is 17.2 Å². The number of carbonyl (C=O) groups excluding carboxylic acids is 1. The fourth-order valence-corrected chi connectivity index (χ4v) is 3.00. The normalized spacial score (nSPS) is 13.9. The Balaban J connectivity index is 1.95. The molecule has 1 aromatic carbocycles. The van der Waals surface area contributed by atoms with Crippen LogP contribution in [0.5, 0.6) is 17.2 Å². The molecule has 2 heterocycles. The first-order valence-corrected chi connectivity index (χ1v) is 7.76. The smallest absolute Gasteiger partial charge is 0.258 e. The second-order valence-corrected chi connectivity index (χ2v) is 5.54.